The summed E-state index contributed by atoms with van der Waals surface area (Å²) in [6.45, 7) is 7.45. The monoisotopic (exact) mass is 588 g/mol. The molecule has 0 aliphatic rings. The maximum Gasteiger partial charge on any atom is 0.119 e. The first-order chi connectivity index (χ1) is 16.9. The molecular formula is C28H44OS6. The SMILES string of the molecule is CC(C)(c1ccc(CC(CS)SCCS)cc1)c1ccc(OCCCSCCS)cc1.CCCS. The van der Waals surface area contributed by atoms with Crippen LogP contribution >= 0.6 is 74.0 Å². The zero-order valence-electron chi connectivity index (χ0n) is 21.5. The van der Waals surface area contributed by atoms with Gasteiger partial charge < -0.3 is 4.74 Å². The van der Waals surface area contributed by atoms with Crippen LogP contribution in [-0.4, -0.2) is 52.1 Å². The Kier molecular flexibility index (Phi) is 19.4. The Morgan fingerprint density at radius 2 is 1.37 bits per heavy atom. The minimum absolute atomic E-state index is 0.0513. The Balaban J connectivity index is 0.00000142. The summed E-state index contributed by atoms with van der Waals surface area (Å²) in [5.74, 6) is 8.04. The predicted molar refractivity (Wildman–Crippen MR) is 178 cm³/mol. The lowest BCUT2D eigenvalue weighted by Gasteiger charge is -2.27. The van der Waals surface area contributed by atoms with Gasteiger partial charge in [0.15, 0.2) is 0 Å². The number of hydrogen-bond acceptors (Lipinski definition) is 7. The van der Waals surface area contributed by atoms with Gasteiger partial charge in [-0.2, -0.15) is 74.0 Å². The van der Waals surface area contributed by atoms with Crippen LogP contribution < -0.4 is 4.74 Å². The van der Waals surface area contributed by atoms with Crippen molar-refractivity contribution < 1.29 is 4.74 Å². The van der Waals surface area contributed by atoms with Crippen LogP contribution in [0.3, 0.4) is 0 Å². The molecule has 0 radical (unpaired) electrons. The molecule has 0 spiro atoms. The summed E-state index contributed by atoms with van der Waals surface area (Å²) < 4.78 is 5.91. The van der Waals surface area contributed by atoms with Crippen LogP contribution in [0.4, 0.5) is 0 Å². The molecule has 0 fully saturated rings. The summed E-state index contributed by atoms with van der Waals surface area (Å²) in [5, 5.41) is 0.545. The van der Waals surface area contributed by atoms with E-state index < -0.39 is 0 Å². The summed E-state index contributed by atoms with van der Waals surface area (Å²) in [6, 6.07) is 17.7. The van der Waals surface area contributed by atoms with Crippen molar-refractivity contribution in [2.75, 3.05) is 46.9 Å². The largest absolute Gasteiger partial charge is 0.494 e. The van der Waals surface area contributed by atoms with Gasteiger partial charge in [0, 0.05) is 27.9 Å². The number of thiol groups is 4. The molecule has 0 bridgehead atoms. The fourth-order valence-corrected chi connectivity index (χ4v) is 6.03. The number of rotatable bonds is 16. The zero-order chi connectivity index (χ0) is 25.9. The Labute approximate surface area is 245 Å². The van der Waals surface area contributed by atoms with E-state index in [4.69, 9.17) is 4.74 Å². The van der Waals surface area contributed by atoms with Crippen LogP contribution in [0.25, 0.3) is 0 Å². The summed E-state index contributed by atoms with van der Waals surface area (Å²) in [7, 11) is 0. The highest BCUT2D eigenvalue weighted by molar-refractivity contribution is 8.01. The summed E-state index contributed by atoms with van der Waals surface area (Å²) in [5.41, 5.74) is 3.96. The Morgan fingerprint density at radius 1 is 0.800 bits per heavy atom. The Morgan fingerprint density at radius 3 is 1.89 bits per heavy atom. The lowest BCUT2D eigenvalue weighted by molar-refractivity contribution is 0.318. The molecule has 0 saturated heterocycles. The van der Waals surface area contributed by atoms with Crippen LogP contribution in [0.1, 0.15) is 50.3 Å². The van der Waals surface area contributed by atoms with Gasteiger partial charge in [-0.15, -0.1) is 0 Å². The molecule has 0 aliphatic carbocycles. The summed E-state index contributed by atoms with van der Waals surface area (Å²) in [4.78, 5) is 0. The van der Waals surface area contributed by atoms with Crippen LogP contribution in [0.5, 0.6) is 5.75 Å². The van der Waals surface area contributed by atoms with E-state index in [-0.39, 0.29) is 5.41 Å². The lowest BCUT2D eigenvalue weighted by atomic mass is 9.78. The smallest absolute Gasteiger partial charge is 0.119 e. The zero-order valence-corrected chi connectivity index (χ0v) is 26.7. The van der Waals surface area contributed by atoms with E-state index in [1.807, 2.05) is 23.5 Å². The second-order valence-electron chi connectivity index (χ2n) is 8.71. The molecule has 0 saturated carbocycles. The van der Waals surface area contributed by atoms with Gasteiger partial charge in [-0.25, -0.2) is 0 Å². The van der Waals surface area contributed by atoms with E-state index in [9.17, 15) is 0 Å². The van der Waals surface area contributed by atoms with Gasteiger partial charge >= 0.3 is 0 Å². The summed E-state index contributed by atoms with van der Waals surface area (Å²) in [6.07, 6.45) is 3.31. The van der Waals surface area contributed by atoms with Crippen LogP contribution in [0, 0.1) is 0 Å². The molecule has 1 unspecified atom stereocenters. The normalized spacial score (nSPS) is 12.1. The molecule has 2 aromatic carbocycles. The third-order valence-corrected chi connectivity index (χ3v) is 10.0. The van der Waals surface area contributed by atoms with Crippen molar-refractivity contribution in [2.45, 2.75) is 50.7 Å². The van der Waals surface area contributed by atoms with Gasteiger partial charge in [0.2, 0.25) is 0 Å². The molecule has 2 rings (SSSR count). The maximum atomic E-state index is 5.91. The van der Waals surface area contributed by atoms with Gasteiger partial charge in [0.25, 0.3) is 0 Å². The number of ether oxygens (including phenoxy) is 1. The van der Waals surface area contributed by atoms with Crippen molar-refractivity contribution in [3.05, 3.63) is 65.2 Å². The highest BCUT2D eigenvalue weighted by Gasteiger charge is 2.23. The molecule has 198 valence electrons. The van der Waals surface area contributed by atoms with Crippen LogP contribution in [0.2, 0.25) is 0 Å². The minimum atomic E-state index is -0.0513. The van der Waals surface area contributed by atoms with E-state index in [1.165, 1.54) is 23.1 Å². The molecule has 2 aromatic rings. The predicted octanol–water partition coefficient (Wildman–Crippen LogP) is 8.27. The lowest BCUT2D eigenvalue weighted by Crippen LogP contribution is -2.19. The molecular weight excluding hydrogens is 545 g/mol. The van der Waals surface area contributed by atoms with Gasteiger partial charge in [-0.05, 0) is 71.1 Å². The van der Waals surface area contributed by atoms with Gasteiger partial charge in [0.05, 0.1) is 6.61 Å². The number of benzene rings is 2. The maximum absolute atomic E-state index is 5.91. The topological polar surface area (TPSA) is 9.23 Å². The molecule has 1 atom stereocenters. The highest BCUT2D eigenvalue weighted by atomic mass is 32.2. The van der Waals surface area contributed by atoms with Crippen LogP contribution in [-0.2, 0) is 11.8 Å². The van der Waals surface area contributed by atoms with Gasteiger partial charge in [0.1, 0.15) is 5.75 Å². The first-order valence-corrected chi connectivity index (χ1v) is 17.1. The molecule has 0 amide bonds. The van der Waals surface area contributed by atoms with E-state index in [0.29, 0.717) is 5.25 Å². The van der Waals surface area contributed by atoms with Crippen molar-refractivity contribution in [3.63, 3.8) is 0 Å². The second-order valence-corrected chi connectivity index (χ2v) is 13.1. The number of thioether (sulfide) groups is 2. The minimum Gasteiger partial charge on any atom is -0.494 e. The summed E-state index contributed by atoms with van der Waals surface area (Å²) >= 11 is 20.9. The quantitative estimate of drug-likeness (QED) is 0.116. The van der Waals surface area contributed by atoms with E-state index in [0.717, 1.165) is 65.5 Å². The van der Waals surface area contributed by atoms with E-state index in [1.54, 1.807) is 0 Å². The molecule has 7 heteroatoms. The average molecular weight is 589 g/mol. The highest BCUT2D eigenvalue weighted by Crippen LogP contribution is 2.33. The average Bonchev–Trinajstić information content (AvgIpc) is 2.89. The first kappa shape index (κ1) is 33.4. The molecule has 0 aromatic heterocycles. The fourth-order valence-electron chi connectivity index (χ4n) is 3.37. The van der Waals surface area contributed by atoms with Crippen LogP contribution in [0.15, 0.2) is 48.5 Å². The molecule has 0 aliphatic heterocycles. The van der Waals surface area contributed by atoms with Crippen molar-refractivity contribution in [2.24, 2.45) is 0 Å². The molecule has 0 heterocycles. The van der Waals surface area contributed by atoms with Crippen molar-refractivity contribution >= 4 is 74.0 Å². The Hall–Kier alpha value is 0.340. The Bertz CT molecular complexity index is 762. The first-order valence-electron chi connectivity index (χ1n) is 12.4. The van der Waals surface area contributed by atoms with E-state index in [2.05, 4.69) is 120 Å². The second kappa shape index (κ2) is 20.3. The fraction of sp³-hybridized carbons (Fsp3) is 0.571. The third-order valence-electron chi connectivity index (χ3n) is 5.52. The number of hydrogen-bond donors (Lipinski definition) is 4. The molecule has 1 nitrogen and oxygen atoms in total. The van der Waals surface area contributed by atoms with Crippen molar-refractivity contribution in [1.82, 2.24) is 0 Å². The standard InChI is InChI=1S/C25H36OS5.C3H8S/c1-25(2,21-6-4-20(5-7-21)18-24(19-29)31-17-14-28)22-8-10-23(11-9-22)26-12-3-15-30-16-13-27;1-2-3-4/h4-11,24,27-29H,3,12-19H2,1-2H3;4H,2-3H2,1H3. The van der Waals surface area contributed by atoms with Gasteiger partial charge in [-0.3, -0.25) is 0 Å². The molecule has 0 N–H and O–H groups in total. The van der Waals surface area contributed by atoms with Crippen molar-refractivity contribution in [1.29, 1.82) is 0 Å². The third kappa shape index (κ3) is 13.6. The van der Waals surface area contributed by atoms with E-state index >= 15 is 0 Å². The molecule has 35 heavy (non-hydrogen) atoms. The van der Waals surface area contributed by atoms with Gasteiger partial charge in [-0.1, -0.05) is 57.2 Å². The van der Waals surface area contributed by atoms with Crippen molar-refractivity contribution in [3.8, 4) is 5.75 Å².